The van der Waals surface area contributed by atoms with E-state index in [9.17, 15) is 17.6 Å². The Labute approximate surface area is 121 Å². The van der Waals surface area contributed by atoms with Gasteiger partial charge >= 0.3 is 6.18 Å². The molecule has 0 radical (unpaired) electrons. The molecule has 0 saturated heterocycles. The lowest BCUT2D eigenvalue weighted by Gasteiger charge is -2.09. The third-order valence-electron chi connectivity index (χ3n) is 2.42. The fraction of sp³-hybridized carbons (Fsp3) is 0.333. The standard InChI is InChI=1S/C12H11F4N3OS/c1-2-17-6-10-18-19-11(21-10)20-7-3-4-9(13)8(5-7)12(14,15)16/h3-5,17H,2,6H2,1H3. The Morgan fingerprint density at radius 1 is 1.29 bits per heavy atom. The van der Waals surface area contributed by atoms with E-state index in [-0.39, 0.29) is 10.9 Å². The van der Waals surface area contributed by atoms with Crippen LogP contribution in [0.5, 0.6) is 10.9 Å². The minimum absolute atomic E-state index is 0.0997. The maximum atomic E-state index is 13.1. The fourth-order valence-corrected chi connectivity index (χ4v) is 2.15. The van der Waals surface area contributed by atoms with E-state index in [1.807, 2.05) is 6.92 Å². The number of hydrogen-bond donors (Lipinski definition) is 1. The van der Waals surface area contributed by atoms with Gasteiger partial charge in [-0.05, 0) is 24.7 Å². The number of nitrogens with one attached hydrogen (secondary N) is 1. The highest BCUT2D eigenvalue weighted by molar-refractivity contribution is 7.13. The van der Waals surface area contributed by atoms with E-state index in [0.29, 0.717) is 23.7 Å². The molecular formula is C12H11F4N3OS. The van der Waals surface area contributed by atoms with Gasteiger partial charge < -0.3 is 10.1 Å². The number of aromatic nitrogens is 2. The van der Waals surface area contributed by atoms with Gasteiger partial charge in [-0.1, -0.05) is 23.4 Å². The van der Waals surface area contributed by atoms with Crippen molar-refractivity contribution in [1.82, 2.24) is 15.5 Å². The number of benzene rings is 1. The molecule has 0 aliphatic rings. The molecule has 4 nitrogen and oxygen atoms in total. The van der Waals surface area contributed by atoms with Crippen LogP contribution in [0, 0.1) is 5.82 Å². The summed E-state index contributed by atoms with van der Waals surface area (Å²) in [5.74, 6) is -1.49. The Bertz CT molecular complexity index is 615. The molecule has 1 aromatic carbocycles. The number of halogens is 4. The largest absolute Gasteiger partial charge is 0.430 e. The van der Waals surface area contributed by atoms with Crippen LogP contribution in [0.15, 0.2) is 18.2 Å². The lowest BCUT2D eigenvalue weighted by Crippen LogP contribution is -2.11. The van der Waals surface area contributed by atoms with E-state index in [1.165, 1.54) is 0 Å². The minimum Gasteiger partial charge on any atom is -0.430 e. The molecule has 21 heavy (non-hydrogen) atoms. The summed E-state index contributed by atoms with van der Waals surface area (Å²) in [4.78, 5) is 0. The van der Waals surface area contributed by atoms with Crippen molar-refractivity contribution in [3.8, 4) is 10.9 Å². The van der Waals surface area contributed by atoms with Crippen molar-refractivity contribution in [2.24, 2.45) is 0 Å². The summed E-state index contributed by atoms with van der Waals surface area (Å²) in [7, 11) is 0. The second-order valence-electron chi connectivity index (χ2n) is 3.98. The molecule has 0 unspecified atom stereocenters. The molecule has 1 aromatic heterocycles. The summed E-state index contributed by atoms with van der Waals surface area (Å²) >= 11 is 1.10. The van der Waals surface area contributed by atoms with Crippen molar-refractivity contribution in [1.29, 1.82) is 0 Å². The number of ether oxygens (including phenoxy) is 1. The summed E-state index contributed by atoms with van der Waals surface area (Å²) in [6.45, 7) is 3.17. The van der Waals surface area contributed by atoms with Crippen molar-refractivity contribution < 1.29 is 22.3 Å². The molecule has 0 aliphatic carbocycles. The second-order valence-corrected chi connectivity index (χ2v) is 5.01. The van der Waals surface area contributed by atoms with Gasteiger partial charge in [-0.3, -0.25) is 0 Å². The molecule has 0 fully saturated rings. The Morgan fingerprint density at radius 2 is 2.05 bits per heavy atom. The Hall–Kier alpha value is -1.74. The Kier molecular flexibility index (Phi) is 4.73. The first-order valence-corrected chi connectivity index (χ1v) is 6.79. The van der Waals surface area contributed by atoms with Crippen LogP contribution in [0.1, 0.15) is 17.5 Å². The molecule has 0 aliphatic heterocycles. The third-order valence-corrected chi connectivity index (χ3v) is 3.22. The molecule has 0 bridgehead atoms. The Balaban J connectivity index is 2.14. The molecule has 1 N–H and O–H groups in total. The van der Waals surface area contributed by atoms with Gasteiger partial charge in [-0.15, -0.1) is 5.10 Å². The van der Waals surface area contributed by atoms with Crippen LogP contribution in [0.3, 0.4) is 0 Å². The highest BCUT2D eigenvalue weighted by atomic mass is 32.1. The van der Waals surface area contributed by atoms with E-state index in [4.69, 9.17) is 4.74 Å². The molecule has 114 valence electrons. The lowest BCUT2D eigenvalue weighted by atomic mass is 10.2. The van der Waals surface area contributed by atoms with Gasteiger partial charge in [-0.25, -0.2) is 4.39 Å². The first kappa shape index (κ1) is 15.6. The van der Waals surface area contributed by atoms with Gasteiger partial charge in [0.1, 0.15) is 16.6 Å². The molecule has 0 amide bonds. The molecule has 2 aromatic rings. The van der Waals surface area contributed by atoms with Crippen LogP contribution < -0.4 is 10.1 Å². The highest BCUT2D eigenvalue weighted by Gasteiger charge is 2.34. The van der Waals surface area contributed by atoms with E-state index in [1.54, 1.807) is 0 Å². The normalized spacial score (nSPS) is 11.7. The second kappa shape index (κ2) is 6.35. The van der Waals surface area contributed by atoms with Crippen LogP contribution in [0.25, 0.3) is 0 Å². The first-order chi connectivity index (χ1) is 9.90. The number of hydrogen-bond acceptors (Lipinski definition) is 5. The zero-order valence-electron chi connectivity index (χ0n) is 10.9. The summed E-state index contributed by atoms with van der Waals surface area (Å²) in [5.41, 5.74) is -1.38. The van der Waals surface area contributed by atoms with Crippen molar-refractivity contribution >= 4 is 11.3 Å². The van der Waals surface area contributed by atoms with Crippen molar-refractivity contribution in [2.75, 3.05) is 6.54 Å². The molecule has 0 spiro atoms. The van der Waals surface area contributed by atoms with Crippen LogP contribution >= 0.6 is 11.3 Å². The van der Waals surface area contributed by atoms with Crippen LogP contribution in [-0.2, 0) is 12.7 Å². The Morgan fingerprint density at radius 3 is 2.71 bits per heavy atom. The average molecular weight is 321 g/mol. The molecule has 0 atom stereocenters. The van der Waals surface area contributed by atoms with Gasteiger partial charge in [-0.2, -0.15) is 13.2 Å². The van der Waals surface area contributed by atoms with Gasteiger partial charge in [0, 0.05) is 6.54 Å². The van der Waals surface area contributed by atoms with Crippen molar-refractivity contribution in [2.45, 2.75) is 19.6 Å². The summed E-state index contributed by atoms with van der Waals surface area (Å²) < 4.78 is 56.1. The zero-order valence-corrected chi connectivity index (χ0v) is 11.7. The van der Waals surface area contributed by atoms with Gasteiger partial charge in [0.15, 0.2) is 0 Å². The minimum atomic E-state index is -4.78. The van der Waals surface area contributed by atoms with E-state index >= 15 is 0 Å². The van der Waals surface area contributed by atoms with Crippen molar-refractivity contribution in [3.63, 3.8) is 0 Å². The maximum absolute atomic E-state index is 13.1. The first-order valence-electron chi connectivity index (χ1n) is 5.98. The maximum Gasteiger partial charge on any atom is 0.419 e. The molecule has 1 heterocycles. The fourth-order valence-electron chi connectivity index (χ4n) is 1.47. The van der Waals surface area contributed by atoms with E-state index in [0.717, 1.165) is 23.9 Å². The number of nitrogens with zero attached hydrogens (tertiary/aromatic N) is 2. The van der Waals surface area contributed by atoms with E-state index < -0.39 is 17.6 Å². The zero-order chi connectivity index (χ0) is 15.5. The molecule has 0 saturated carbocycles. The van der Waals surface area contributed by atoms with E-state index in [2.05, 4.69) is 15.5 Å². The van der Waals surface area contributed by atoms with Gasteiger partial charge in [0.2, 0.25) is 0 Å². The SMILES string of the molecule is CCNCc1nnc(Oc2ccc(F)c(C(F)(F)F)c2)s1. The summed E-state index contributed by atoms with van der Waals surface area (Å²) in [5, 5.41) is 11.3. The molecule has 9 heteroatoms. The number of rotatable bonds is 5. The smallest absolute Gasteiger partial charge is 0.419 e. The highest BCUT2D eigenvalue weighted by Crippen LogP contribution is 2.35. The molecule has 2 rings (SSSR count). The average Bonchev–Trinajstić information content (AvgIpc) is 2.85. The molecular weight excluding hydrogens is 310 g/mol. The monoisotopic (exact) mass is 321 g/mol. The topological polar surface area (TPSA) is 47.0 Å². The predicted octanol–water partition coefficient (Wildman–Crippen LogP) is 3.60. The van der Waals surface area contributed by atoms with Gasteiger partial charge in [0.05, 0.1) is 5.56 Å². The van der Waals surface area contributed by atoms with Crippen LogP contribution in [0.2, 0.25) is 0 Å². The summed E-state index contributed by atoms with van der Waals surface area (Å²) in [6, 6.07) is 2.41. The van der Waals surface area contributed by atoms with Crippen LogP contribution in [-0.4, -0.2) is 16.7 Å². The predicted molar refractivity (Wildman–Crippen MR) is 68.8 cm³/mol. The number of alkyl halides is 3. The van der Waals surface area contributed by atoms with Crippen LogP contribution in [0.4, 0.5) is 17.6 Å². The summed E-state index contributed by atoms with van der Waals surface area (Å²) in [6.07, 6.45) is -4.78. The lowest BCUT2D eigenvalue weighted by molar-refractivity contribution is -0.140. The quantitative estimate of drug-likeness (QED) is 0.855. The van der Waals surface area contributed by atoms with Gasteiger partial charge in [0.25, 0.3) is 5.19 Å². The third kappa shape index (κ3) is 4.11. The van der Waals surface area contributed by atoms with Crippen molar-refractivity contribution in [3.05, 3.63) is 34.6 Å².